The molecule has 0 aliphatic heterocycles. The van der Waals surface area contributed by atoms with Crippen LogP contribution in [-0.2, 0) is 0 Å². The number of anilines is 2. The molecule has 0 atom stereocenters. The van der Waals surface area contributed by atoms with Gasteiger partial charge >= 0.3 is 0 Å². The average Bonchev–Trinajstić information content (AvgIpc) is 2.71. The Morgan fingerprint density at radius 2 is 1.63 bits per heavy atom. The van der Waals surface area contributed by atoms with Gasteiger partial charge in [-0.25, -0.2) is 9.97 Å². The molecular formula is C23H25N3O. The molecule has 1 N–H and O–H groups in total. The molecule has 2 heterocycles. The summed E-state index contributed by atoms with van der Waals surface area (Å²) in [6, 6.07) is 17.9. The van der Waals surface area contributed by atoms with Crippen LogP contribution in [0.5, 0.6) is 11.6 Å². The summed E-state index contributed by atoms with van der Waals surface area (Å²) < 4.78 is 6.14. The van der Waals surface area contributed by atoms with Crippen LogP contribution in [0.3, 0.4) is 0 Å². The van der Waals surface area contributed by atoms with Gasteiger partial charge < -0.3 is 10.1 Å². The Balaban J connectivity index is 1.46. The number of hydrogen-bond donors (Lipinski definition) is 1. The highest BCUT2D eigenvalue weighted by Gasteiger charge is 2.23. The first-order valence-corrected chi connectivity index (χ1v) is 9.69. The third kappa shape index (κ3) is 4.45. The molecule has 4 heteroatoms. The molecule has 0 unspecified atom stereocenters. The first-order valence-electron chi connectivity index (χ1n) is 9.69. The number of pyridine rings is 2. The molecule has 1 saturated carbocycles. The summed E-state index contributed by atoms with van der Waals surface area (Å²) in [5.41, 5.74) is 2.21. The van der Waals surface area contributed by atoms with Gasteiger partial charge in [-0.1, -0.05) is 31.9 Å². The molecule has 0 saturated heterocycles. The van der Waals surface area contributed by atoms with E-state index in [4.69, 9.17) is 4.74 Å². The SMILES string of the molecule is CC1CCC(c2cccnc2Oc2ccc(Nc3ccccn3)cc2)CC1. The van der Waals surface area contributed by atoms with Crippen molar-refractivity contribution in [2.75, 3.05) is 5.32 Å². The Bertz CT molecular complexity index is 856. The fourth-order valence-corrected chi connectivity index (χ4v) is 3.67. The Morgan fingerprint density at radius 1 is 0.852 bits per heavy atom. The lowest BCUT2D eigenvalue weighted by Crippen LogP contribution is -2.12. The van der Waals surface area contributed by atoms with E-state index < -0.39 is 0 Å². The van der Waals surface area contributed by atoms with Gasteiger partial charge in [0.05, 0.1) is 0 Å². The maximum atomic E-state index is 6.14. The first-order chi connectivity index (χ1) is 13.3. The number of aromatic nitrogens is 2. The third-order valence-corrected chi connectivity index (χ3v) is 5.26. The van der Waals surface area contributed by atoms with E-state index in [-0.39, 0.29) is 0 Å². The minimum atomic E-state index is 0.551. The van der Waals surface area contributed by atoms with Crippen LogP contribution in [0.4, 0.5) is 11.5 Å². The van der Waals surface area contributed by atoms with E-state index in [1.54, 1.807) is 12.4 Å². The van der Waals surface area contributed by atoms with E-state index >= 15 is 0 Å². The minimum absolute atomic E-state index is 0.551. The lowest BCUT2D eigenvalue weighted by Gasteiger charge is -2.27. The van der Waals surface area contributed by atoms with Gasteiger partial charge in [0.2, 0.25) is 5.88 Å². The molecule has 0 bridgehead atoms. The molecule has 3 aromatic rings. The predicted molar refractivity (Wildman–Crippen MR) is 109 cm³/mol. The Kier molecular flexibility index (Phi) is 5.33. The lowest BCUT2D eigenvalue weighted by molar-refractivity contribution is 0.339. The number of ether oxygens (including phenoxy) is 1. The largest absolute Gasteiger partial charge is 0.439 e. The molecule has 138 valence electrons. The summed E-state index contributed by atoms with van der Waals surface area (Å²) in [5.74, 6) is 3.74. The van der Waals surface area contributed by atoms with Crippen molar-refractivity contribution >= 4 is 11.5 Å². The van der Waals surface area contributed by atoms with Crippen LogP contribution < -0.4 is 10.1 Å². The molecule has 0 amide bonds. The lowest BCUT2D eigenvalue weighted by atomic mass is 9.80. The molecular weight excluding hydrogens is 334 g/mol. The highest BCUT2D eigenvalue weighted by atomic mass is 16.5. The van der Waals surface area contributed by atoms with Gasteiger partial charge in [-0.15, -0.1) is 0 Å². The molecule has 4 rings (SSSR count). The smallest absolute Gasteiger partial charge is 0.222 e. The fourth-order valence-electron chi connectivity index (χ4n) is 3.67. The number of benzene rings is 1. The van der Waals surface area contributed by atoms with E-state index in [9.17, 15) is 0 Å². The van der Waals surface area contributed by atoms with Crippen molar-refractivity contribution in [1.29, 1.82) is 0 Å². The van der Waals surface area contributed by atoms with E-state index in [2.05, 4.69) is 28.3 Å². The van der Waals surface area contributed by atoms with Gasteiger partial charge in [0.15, 0.2) is 0 Å². The van der Waals surface area contributed by atoms with Crippen LogP contribution in [0.15, 0.2) is 67.0 Å². The molecule has 1 aliphatic rings. The molecule has 27 heavy (non-hydrogen) atoms. The third-order valence-electron chi connectivity index (χ3n) is 5.26. The van der Waals surface area contributed by atoms with Gasteiger partial charge in [-0.05, 0) is 67.1 Å². The highest BCUT2D eigenvalue weighted by molar-refractivity contribution is 5.57. The average molecular weight is 359 g/mol. The van der Waals surface area contributed by atoms with Crippen molar-refractivity contribution in [3.63, 3.8) is 0 Å². The normalized spacial score (nSPS) is 19.4. The number of rotatable bonds is 5. The van der Waals surface area contributed by atoms with Crippen molar-refractivity contribution in [1.82, 2.24) is 9.97 Å². The van der Waals surface area contributed by atoms with Crippen molar-refractivity contribution in [2.24, 2.45) is 5.92 Å². The van der Waals surface area contributed by atoms with Gasteiger partial charge in [-0.3, -0.25) is 0 Å². The summed E-state index contributed by atoms with van der Waals surface area (Å²) in [4.78, 5) is 8.79. The molecule has 0 radical (unpaired) electrons. The van der Waals surface area contributed by atoms with Crippen LogP contribution >= 0.6 is 0 Å². The van der Waals surface area contributed by atoms with Gasteiger partial charge in [0.25, 0.3) is 0 Å². The fraction of sp³-hybridized carbons (Fsp3) is 0.304. The zero-order chi connectivity index (χ0) is 18.5. The van der Waals surface area contributed by atoms with Crippen molar-refractivity contribution in [3.05, 3.63) is 72.6 Å². The Morgan fingerprint density at radius 3 is 2.37 bits per heavy atom. The molecule has 0 spiro atoms. The molecule has 1 aromatic carbocycles. The molecule has 2 aromatic heterocycles. The van der Waals surface area contributed by atoms with E-state index in [1.165, 1.54) is 31.2 Å². The highest BCUT2D eigenvalue weighted by Crippen LogP contribution is 2.39. The zero-order valence-corrected chi connectivity index (χ0v) is 15.6. The zero-order valence-electron chi connectivity index (χ0n) is 15.6. The summed E-state index contributed by atoms with van der Waals surface area (Å²) in [5, 5.41) is 3.28. The number of nitrogens with one attached hydrogen (secondary N) is 1. The maximum absolute atomic E-state index is 6.14. The van der Waals surface area contributed by atoms with Crippen molar-refractivity contribution in [2.45, 2.75) is 38.5 Å². The minimum Gasteiger partial charge on any atom is -0.439 e. The van der Waals surface area contributed by atoms with Crippen LogP contribution in [0, 0.1) is 5.92 Å². The second-order valence-electron chi connectivity index (χ2n) is 7.32. The quantitative estimate of drug-likeness (QED) is 0.580. The van der Waals surface area contributed by atoms with E-state index in [0.717, 1.165) is 29.1 Å². The number of nitrogens with zero attached hydrogens (tertiary/aromatic N) is 2. The first kappa shape index (κ1) is 17.5. The van der Waals surface area contributed by atoms with Crippen LogP contribution in [0.25, 0.3) is 0 Å². The van der Waals surface area contributed by atoms with E-state index in [1.807, 2.05) is 48.5 Å². The summed E-state index contributed by atoms with van der Waals surface area (Å²) in [6.45, 7) is 2.34. The van der Waals surface area contributed by atoms with Crippen LogP contribution in [-0.4, -0.2) is 9.97 Å². The standard InChI is InChI=1S/C23H25N3O/c1-17-7-9-18(10-8-17)21-5-4-16-25-23(21)27-20-13-11-19(12-14-20)26-22-6-2-3-15-24-22/h2-6,11-18H,7-10H2,1H3,(H,24,26). The van der Waals surface area contributed by atoms with Crippen molar-refractivity contribution < 1.29 is 4.74 Å². The Hall–Kier alpha value is -2.88. The van der Waals surface area contributed by atoms with Gasteiger partial charge in [-0.2, -0.15) is 0 Å². The molecule has 1 aliphatic carbocycles. The summed E-state index contributed by atoms with van der Waals surface area (Å²) in [6.07, 6.45) is 8.59. The van der Waals surface area contributed by atoms with Gasteiger partial charge in [0.1, 0.15) is 11.6 Å². The summed E-state index contributed by atoms with van der Waals surface area (Å²) >= 11 is 0. The van der Waals surface area contributed by atoms with E-state index in [0.29, 0.717) is 5.92 Å². The van der Waals surface area contributed by atoms with Crippen LogP contribution in [0.1, 0.15) is 44.1 Å². The van der Waals surface area contributed by atoms with Gasteiger partial charge in [0, 0.05) is 23.6 Å². The number of hydrogen-bond acceptors (Lipinski definition) is 4. The Labute approximate surface area is 160 Å². The second kappa shape index (κ2) is 8.21. The maximum Gasteiger partial charge on any atom is 0.222 e. The molecule has 4 nitrogen and oxygen atoms in total. The van der Waals surface area contributed by atoms with Crippen molar-refractivity contribution in [3.8, 4) is 11.6 Å². The topological polar surface area (TPSA) is 47.0 Å². The predicted octanol–water partition coefficient (Wildman–Crippen LogP) is 6.31. The summed E-state index contributed by atoms with van der Waals surface area (Å²) in [7, 11) is 0. The monoisotopic (exact) mass is 359 g/mol. The van der Waals surface area contributed by atoms with Crippen LogP contribution in [0.2, 0.25) is 0 Å². The molecule has 1 fully saturated rings. The second-order valence-corrected chi connectivity index (χ2v) is 7.32.